The monoisotopic (exact) mass is 297 g/mol. The Morgan fingerprint density at radius 1 is 1.05 bits per heavy atom. The first-order valence-corrected chi connectivity index (χ1v) is 8.71. The molecule has 0 unspecified atom stereocenters. The molecule has 0 saturated carbocycles. The van der Waals surface area contributed by atoms with Crippen LogP contribution in [0.2, 0.25) is 0 Å². The number of piperazine rings is 1. The molecule has 2 fully saturated rings. The Hall–Kier alpha value is -0.160. The molecule has 0 aromatic rings. The topological polar surface area (TPSA) is 27.7 Å². The highest BCUT2D eigenvalue weighted by molar-refractivity contribution is 4.90. The zero-order valence-corrected chi connectivity index (χ0v) is 14.6. The summed E-state index contributed by atoms with van der Waals surface area (Å²) in [6, 6.07) is 0. The van der Waals surface area contributed by atoms with Crippen LogP contribution in [-0.4, -0.2) is 74.4 Å². The van der Waals surface area contributed by atoms with Gasteiger partial charge in [-0.25, -0.2) is 0 Å². The first-order chi connectivity index (χ1) is 9.95. The highest BCUT2D eigenvalue weighted by Gasteiger charge is 2.35. The molecule has 0 aromatic heterocycles. The van der Waals surface area contributed by atoms with Crippen LogP contribution >= 0.6 is 0 Å². The Kier molecular flexibility index (Phi) is 6.06. The van der Waals surface area contributed by atoms with Gasteiger partial charge in [0.1, 0.15) is 0 Å². The molecule has 0 atom stereocenters. The van der Waals surface area contributed by atoms with Crippen molar-refractivity contribution in [3.05, 3.63) is 0 Å². The largest absolute Gasteiger partial charge is 0.381 e. The summed E-state index contributed by atoms with van der Waals surface area (Å²) in [4.78, 5) is 5.30. The number of hydrogen-bond donors (Lipinski definition) is 1. The van der Waals surface area contributed by atoms with Crippen LogP contribution in [0.25, 0.3) is 0 Å². The molecule has 4 nitrogen and oxygen atoms in total. The number of rotatable bonds is 5. The predicted octanol–water partition coefficient (Wildman–Crippen LogP) is 1.81. The Bertz CT molecular complexity index is 300. The van der Waals surface area contributed by atoms with Crippen molar-refractivity contribution in [1.82, 2.24) is 15.1 Å². The first kappa shape index (κ1) is 17.2. The van der Waals surface area contributed by atoms with Gasteiger partial charge in [-0.15, -0.1) is 0 Å². The zero-order chi connectivity index (χ0) is 15.3. The van der Waals surface area contributed by atoms with Gasteiger partial charge in [0.15, 0.2) is 0 Å². The third-order valence-corrected chi connectivity index (χ3v) is 5.18. The lowest BCUT2D eigenvalue weighted by molar-refractivity contribution is -0.0191. The molecule has 2 heterocycles. The van der Waals surface area contributed by atoms with Gasteiger partial charge in [-0.3, -0.25) is 4.90 Å². The SMILES string of the molecule is CCNCC1(CN2CCN(C(C)(C)C)CC2)CCOCC1. The fourth-order valence-corrected chi connectivity index (χ4v) is 3.64. The van der Waals surface area contributed by atoms with Gasteiger partial charge >= 0.3 is 0 Å². The van der Waals surface area contributed by atoms with Crippen LogP contribution < -0.4 is 5.32 Å². The van der Waals surface area contributed by atoms with Gasteiger partial charge in [-0.05, 0) is 45.6 Å². The third-order valence-electron chi connectivity index (χ3n) is 5.18. The number of hydrogen-bond acceptors (Lipinski definition) is 4. The predicted molar refractivity (Wildman–Crippen MR) is 88.8 cm³/mol. The van der Waals surface area contributed by atoms with E-state index in [-0.39, 0.29) is 0 Å². The second-order valence-electron chi connectivity index (χ2n) is 7.83. The summed E-state index contributed by atoms with van der Waals surface area (Å²) in [5.41, 5.74) is 0.740. The number of ether oxygens (including phenoxy) is 1. The molecule has 2 saturated heterocycles. The van der Waals surface area contributed by atoms with Crippen LogP contribution in [0.4, 0.5) is 0 Å². The molecular weight excluding hydrogens is 262 g/mol. The van der Waals surface area contributed by atoms with E-state index in [2.05, 4.69) is 42.8 Å². The second kappa shape index (κ2) is 7.40. The van der Waals surface area contributed by atoms with E-state index in [1.165, 1.54) is 45.6 Å². The molecule has 2 aliphatic rings. The highest BCUT2D eigenvalue weighted by atomic mass is 16.5. The fraction of sp³-hybridized carbons (Fsp3) is 1.00. The average Bonchev–Trinajstić information content (AvgIpc) is 2.46. The van der Waals surface area contributed by atoms with Crippen molar-refractivity contribution in [2.45, 2.75) is 46.1 Å². The van der Waals surface area contributed by atoms with E-state index in [1.54, 1.807) is 0 Å². The molecule has 1 N–H and O–H groups in total. The maximum Gasteiger partial charge on any atom is 0.0472 e. The molecule has 0 amide bonds. The molecule has 4 heteroatoms. The van der Waals surface area contributed by atoms with E-state index < -0.39 is 0 Å². The molecule has 0 aromatic carbocycles. The van der Waals surface area contributed by atoms with Crippen molar-refractivity contribution in [2.75, 3.05) is 59.0 Å². The van der Waals surface area contributed by atoms with Crippen molar-refractivity contribution in [1.29, 1.82) is 0 Å². The summed E-state index contributed by atoms with van der Waals surface area (Å²) in [7, 11) is 0. The van der Waals surface area contributed by atoms with Gasteiger partial charge in [0.05, 0.1) is 0 Å². The maximum atomic E-state index is 5.60. The van der Waals surface area contributed by atoms with Gasteiger partial charge < -0.3 is 15.0 Å². The van der Waals surface area contributed by atoms with Crippen molar-refractivity contribution < 1.29 is 4.74 Å². The van der Waals surface area contributed by atoms with Crippen LogP contribution in [0.1, 0.15) is 40.5 Å². The van der Waals surface area contributed by atoms with Crippen LogP contribution in [0.15, 0.2) is 0 Å². The number of nitrogens with zero attached hydrogens (tertiary/aromatic N) is 2. The van der Waals surface area contributed by atoms with E-state index in [0.717, 1.165) is 26.3 Å². The molecule has 21 heavy (non-hydrogen) atoms. The van der Waals surface area contributed by atoms with E-state index in [1.807, 2.05) is 0 Å². The summed E-state index contributed by atoms with van der Waals surface area (Å²) in [6.45, 7) is 19.4. The van der Waals surface area contributed by atoms with Crippen LogP contribution in [0.3, 0.4) is 0 Å². The Labute approximate surface area is 131 Å². The number of nitrogens with one attached hydrogen (secondary N) is 1. The van der Waals surface area contributed by atoms with Crippen LogP contribution in [0.5, 0.6) is 0 Å². The smallest absolute Gasteiger partial charge is 0.0472 e. The lowest BCUT2D eigenvalue weighted by atomic mass is 9.79. The minimum atomic E-state index is 0.312. The standard InChI is InChI=1S/C17H35N3O/c1-5-18-14-17(6-12-21-13-7-17)15-19-8-10-20(11-9-19)16(2,3)4/h18H,5-15H2,1-4H3. The Morgan fingerprint density at radius 3 is 2.19 bits per heavy atom. The lowest BCUT2D eigenvalue weighted by Gasteiger charge is -2.46. The molecular formula is C17H35N3O. The Balaban J connectivity index is 1.87. The Morgan fingerprint density at radius 2 is 1.67 bits per heavy atom. The molecule has 0 spiro atoms. The van der Waals surface area contributed by atoms with E-state index in [4.69, 9.17) is 4.74 Å². The molecule has 2 aliphatic heterocycles. The van der Waals surface area contributed by atoms with Gasteiger partial charge in [0, 0.05) is 58.0 Å². The fourth-order valence-electron chi connectivity index (χ4n) is 3.64. The highest BCUT2D eigenvalue weighted by Crippen LogP contribution is 2.31. The average molecular weight is 297 g/mol. The van der Waals surface area contributed by atoms with Crippen molar-refractivity contribution in [3.63, 3.8) is 0 Å². The summed E-state index contributed by atoms with van der Waals surface area (Å²) in [5.74, 6) is 0. The quantitative estimate of drug-likeness (QED) is 0.837. The molecule has 0 radical (unpaired) electrons. The van der Waals surface area contributed by atoms with E-state index >= 15 is 0 Å². The normalized spacial score (nSPS) is 25.1. The van der Waals surface area contributed by atoms with E-state index in [0.29, 0.717) is 11.0 Å². The minimum absolute atomic E-state index is 0.312. The van der Waals surface area contributed by atoms with Crippen molar-refractivity contribution in [2.24, 2.45) is 5.41 Å². The van der Waals surface area contributed by atoms with Crippen molar-refractivity contribution in [3.8, 4) is 0 Å². The molecule has 0 aliphatic carbocycles. The van der Waals surface area contributed by atoms with Crippen molar-refractivity contribution >= 4 is 0 Å². The molecule has 124 valence electrons. The summed E-state index contributed by atoms with van der Waals surface area (Å²) in [5, 5.41) is 3.59. The van der Waals surface area contributed by atoms with Crippen LogP contribution in [-0.2, 0) is 4.74 Å². The zero-order valence-electron chi connectivity index (χ0n) is 14.6. The second-order valence-corrected chi connectivity index (χ2v) is 7.83. The summed E-state index contributed by atoms with van der Waals surface area (Å²) >= 11 is 0. The van der Waals surface area contributed by atoms with Gasteiger partial charge in [-0.1, -0.05) is 6.92 Å². The third kappa shape index (κ3) is 4.92. The summed E-state index contributed by atoms with van der Waals surface area (Å²) < 4.78 is 5.60. The van der Waals surface area contributed by atoms with Gasteiger partial charge in [0.2, 0.25) is 0 Å². The molecule has 2 rings (SSSR count). The lowest BCUT2D eigenvalue weighted by Crippen LogP contribution is -2.56. The molecule has 0 bridgehead atoms. The maximum absolute atomic E-state index is 5.60. The minimum Gasteiger partial charge on any atom is -0.381 e. The van der Waals surface area contributed by atoms with E-state index in [9.17, 15) is 0 Å². The van der Waals surface area contributed by atoms with Gasteiger partial charge in [-0.2, -0.15) is 0 Å². The first-order valence-electron chi connectivity index (χ1n) is 8.71. The summed E-state index contributed by atoms with van der Waals surface area (Å²) in [6.07, 6.45) is 2.42. The van der Waals surface area contributed by atoms with Crippen LogP contribution in [0, 0.1) is 5.41 Å². The van der Waals surface area contributed by atoms with Gasteiger partial charge in [0.25, 0.3) is 0 Å².